The van der Waals surface area contributed by atoms with E-state index in [1.165, 1.54) is 55.6 Å². The van der Waals surface area contributed by atoms with E-state index in [4.69, 9.17) is 4.98 Å². The molecule has 0 aliphatic carbocycles. The molecule has 0 atom stereocenters. The van der Waals surface area contributed by atoms with Crippen molar-refractivity contribution in [2.75, 3.05) is 0 Å². The molecule has 1 heteroatoms. The summed E-state index contributed by atoms with van der Waals surface area (Å²) < 4.78 is 0. The molecule has 1 heterocycles. The van der Waals surface area contributed by atoms with Gasteiger partial charge in [0.15, 0.2) is 0 Å². The second-order valence-electron chi connectivity index (χ2n) is 11.6. The predicted octanol–water partition coefficient (Wildman–Crippen LogP) is 12.2. The van der Waals surface area contributed by atoms with E-state index in [2.05, 4.69) is 188 Å². The van der Waals surface area contributed by atoms with Gasteiger partial charge in [-0.3, -0.25) is 0 Å². The van der Waals surface area contributed by atoms with Gasteiger partial charge in [-0.25, -0.2) is 4.98 Å². The molecule has 0 bridgehead atoms. The van der Waals surface area contributed by atoms with Gasteiger partial charge >= 0.3 is 0 Å². The smallest absolute Gasteiger partial charge is 0.0716 e. The fourth-order valence-corrected chi connectivity index (χ4v) is 6.30. The lowest BCUT2D eigenvalue weighted by Gasteiger charge is -2.12. The molecule has 0 aliphatic heterocycles. The van der Waals surface area contributed by atoms with Crippen molar-refractivity contribution in [1.82, 2.24) is 4.98 Å². The third kappa shape index (κ3) is 5.51. The fraction of sp³-hybridized carbons (Fsp3) is 0. The zero-order valence-electron chi connectivity index (χ0n) is 25.3. The van der Waals surface area contributed by atoms with E-state index in [0.29, 0.717) is 0 Å². The van der Waals surface area contributed by atoms with Crippen LogP contribution in [0, 0.1) is 0 Å². The van der Waals surface area contributed by atoms with Crippen molar-refractivity contribution < 1.29 is 0 Å². The summed E-state index contributed by atoms with van der Waals surface area (Å²) in [7, 11) is 0. The topological polar surface area (TPSA) is 12.9 Å². The average Bonchev–Trinajstić information content (AvgIpc) is 3.15. The van der Waals surface area contributed by atoms with Crippen LogP contribution in [0.1, 0.15) is 0 Å². The number of nitrogens with zero attached hydrogens (tertiary/aromatic N) is 1. The minimum Gasteiger partial charge on any atom is -0.248 e. The number of rotatable bonds is 6. The first-order valence-electron chi connectivity index (χ1n) is 15.7. The molecule has 216 valence electrons. The van der Waals surface area contributed by atoms with E-state index < -0.39 is 0 Å². The summed E-state index contributed by atoms with van der Waals surface area (Å²) in [5.41, 5.74) is 15.1. The molecule has 0 spiro atoms. The molecular formula is C45H31N. The first kappa shape index (κ1) is 27.5. The van der Waals surface area contributed by atoms with E-state index in [1.807, 2.05) is 0 Å². The van der Waals surface area contributed by atoms with Crippen molar-refractivity contribution in [2.45, 2.75) is 0 Å². The summed E-state index contributed by atoms with van der Waals surface area (Å²) in [4.78, 5) is 5.10. The Kier molecular flexibility index (Phi) is 7.26. The molecule has 0 aliphatic rings. The van der Waals surface area contributed by atoms with Crippen molar-refractivity contribution in [3.8, 4) is 66.9 Å². The zero-order valence-corrected chi connectivity index (χ0v) is 25.3. The van der Waals surface area contributed by atoms with Crippen LogP contribution in [-0.4, -0.2) is 4.98 Å². The largest absolute Gasteiger partial charge is 0.248 e. The lowest BCUT2D eigenvalue weighted by molar-refractivity contribution is 1.40. The third-order valence-corrected chi connectivity index (χ3v) is 8.65. The zero-order chi connectivity index (χ0) is 30.7. The molecule has 8 aromatic rings. The van der Waals surface area contributed by atoms with Crippen LogP contribution >= 0.6 is 0 Å². The Bertz CT molecular complexity index is 2300. The van der Waals surface area contributed by atoms with Crippen LogP contribution in [0.4, 0.5) is 0 Å². The van der Waals surface area contributed by atoms with Gasteiger partial charge in [-0.2, -0.15) is 0 Å². The lowest BCUT2D eigenvalue weighted by atomic mass is 9.94. The molecule has 0 saturated heterocycles. The van der Waals surface area contributed by atoms with Gasteiger partial charge in [-0.05, 0) is 92.0 Å². The number of pyridine rings is 1. The summed E-state index contributed by atoms with van der Waals surface area (Å²) in [5, 5.41) is 1.16. The quantitative estimate of drug-likeness (QED) is 0.189. The summed E-state index contributed by atoms with van der Waals surface area (Å²) >= 11 is 0. The Morgan fingerprint density at radius 2 is 0.630 bits per heavy atom. The molecule has 0 unspecified atom stereocenters. The van der Waals surface area contributed by atoms with Crippen LogP contribution in [0.3, 0.4) is 0 Å². The normalized spacial score (nSPS) is 11.0. The molecule has 0 amide bonds. The van der Waals surface area contributed by atoms with Crippen LogP contribution < -0.4 is 0 Å². The van der Waals surface area contributed by atoms with Gasteiger partial charge < -0.3 is 0 Å². The maximum atomic E-state index is 5.10. The van der Waals surface area contributed by atoms with Crippen LogP contribution in [0.2, 0.25) is 0 Å². The monoisotopic (exact) mass is 585 g/mol. The molecule has 0 saturated carbocycles. The maximum Gasteiger partial charge on any atom is 0.0716 e. The van der Waals surface area contributed by atoms with Gasteiger partial charge in [0.05, 0.1) is 11.2 Å². The molecule has 8 rings (SSSR count). The van der Waals surface area contributed by atoms with Crippen LogP contribution in [0.15, 0.2) is 188 Å². The molecule has 0 N–H and O–H groups in total. The highest BCUT2D eigenvalue weighted by molar-refractivity contribution is 5.97. The number of hydrogen-bond donors (Lipinski definition) is 0. The lowest BCUT2D eigenvalue weighted by Crippen LogP contribution is -1.90. The summed E-state index contributed by atoms with van der Waals surface area (Å²) in [5.74, 6) is 0. The molecule has 7 aromatic carbocycles. The standard InChI is InChI=1S/C45H31N/c1-3-13-32(14-4-1)34-17-9-18-35(27-34)36-19-10-20-37(28-36)38-21-11-22-39(29-38)40-23-12-24-41(30-40)45-31-43(33-15-5-2-6-16-33)42-25-7-8-26-44(42)46-45/h1-31H. The van der Waals surface area contributed by atoms with Gasteiger partial charge in [0.1, 0.15) is 0 Å². The van der Waals surface area contributed by atoms with Gasteiger partial charge in [-0.1, -0.05) is 152 Å². The molecule has 0 fully saturated rings. The highest BCUT2D eigenvalue weighted by Gasteiger charge is 2.11. The third-order valence-electron chi connectivity index (χ3n) is 8.65. The average molecular weight is 586 g/mol. The Morgan fingerprint density at radius 3 is 1.15 bits per heavy atom. The van der Waals surface area contributed by atoms with E-state index >= 15 is 0 Å². The number of para-hydroxylation sites is 1. The molecule has 1 nitrogen and oxygen atoms in total. The summed E-state index contributed by atoms with van der Waals surface area (Å²) in [6, 6.07) is 67.0. The number of hydrogen-bond acceptors (Lipinski definition) is 1. The first-order valence-corrected chi connectivity index (χ1v) is 15.7. The molecule has 46 heavy (non-hydrogen) atoms. The molecule has 1 aromatic heterocycles. The van der Waals surface area contributed by atoms with Crippen LogP contribution in [0.5, 0.6) is 0 Å². The van der Waals surface area contributed by atoms with Gasteiger partial charge in [0.25, 0.3) is 0 Å². The highest BCUT2D eigenvalue weighted by Crippen LogP contribution is 2.35. The Labute approximate surface area is 270 Å². The molecule has 0 radical (unpaired) electrons. The SMILES string of the molecule is c1ccc(-c2cccc(-c3cccc(-c4cccc(-c5cccc(-c6cc(-c7ccccc7)c7ccccc7n6)c5)c4)c3)c2)cc1. The second kappa shape index (κ2) is 12.1. The van der Waals surface area contributed by atoms with E-state index in [0.717, 1.165) is 22.2 Å². The minimum atomic E-state index is 0.973. The Hall–Kier alpha value is -6.05. The fourth-order valence-electron chi connectivity index (χ4n) is 6.30. The summed E-state index contributed by atoms with van der Waals surface area (Å²) in [6.07, 6.45) is 0. The highest BCUT2D eigenvalue weighted by atomic mass is 14.7. The van der Waals surface area contributed by atoms with Crippen molar-refractivity contribution in [2.24, 2.45) is 0 Å². The first-order chi connectivity index (χ1) is 22.8. The van der Waals surface area contributed by atoms with E-state index in [-0.39, 0.29) is 0 Å². The van der Waals surface area contributed by atoms with Crippen molar-refractivity contribution in [1.29, 1.82) is 0 Å². The second-order valence-corrected chi connectivity index (χ2v) is 11.6. The Balaban J connectivity index is 1.14. The van der Waals surface area contributed by atoms with Gasteiger partial charge in [-0.15, -0.1) is 0 Å². The van der Waals surface area contributed by atoms with Crippen LogP contribution in [0.25, 0.3) is 77.8 Å². The number of fused-ring (bicyclic) bond motifs is 1. The van der Waals surface area contributed by atoms with E-state index in [1.54, 1.807) is 0 Å². The Morgan fingerprint density at radius 1 is 0.261 bits per heavy atom. The molecular weight excluding hydrogens is 555 g/mol. The van der Waals surface area contributed by atoms with Crippen LogP contribution in [-0.2, 0) is 0 Å². The van der Waals surface area contributed by atoms with Crippen molar-refractivity contribution in [3.63, 3.8) is 0 Å². The van der Waals surface area contributed by atoms with Gasteiger partial charge in [0, 0.05) is 10.9 Å². The van der Waals surface area contributed by atoms with Gasteiger partial charge in [0.2, 0.25) is 0 Å². The van der Waals surface area contributed by atoms with Crippen molar-refractivity contribution in [3.05, 3.63) is 188 Å². The van der Waals surface area contributed by atoms with Crippen molar-refractivity contribution >= 4 is 10.9 Å². The maximum absolute atomic E-state index is 5.10. The minimum absolute atomic E-state index is 0.973. The number of benzene rings is 7. The number of aromatic nitrogens is 1. The summed E-state index contributed by atoms with van der Waals surface area (Å²) in [6.45, 7) is 0. The predicted molar refractivity (Wildman–Crippen MR) is 194 cm³/mol. The van der Waals surface area contributed by atoms with E-state index in [9.17, 15) is 0 Å².